The van der Waals surface area contributed by atoms with Gasteiger partial charge in [-0.15, -0.1) is 0 Å². The van der Waals surface area contributed by atoms with Gasteiger partial charge in [0.05, 0.1) is 6.04 Å². The lowest BCUT2D eigenvalue weighted by Gasteiger charge is -2.24. The first kappa shape index (κ1) is 15.0. The largest absolute Gasteiger partial charge is 0.370 e. The van der Waals surface area contributed by atoms with Crippen LogP contribution in [0.5, 0.6) is 0 Å². The number of aromatic nitrogens is 2. The van der Waals surface area contributed by atoms with E-state index < -0.39 is 0 Å². The lowest BCUT2D eigenvalue weighted by molar-refractivity contribution is -0.119. The highest BCUT2D eigenvalue weighted by atomic mass is 16.2. The van der Waals surface area contributed by atoms with E-state index in [1.807, 2.05) is 0 Å². The number of aryl methyl sites for hydroxylation is 1. The van der Waals surface area contributed by atoms with Crippen LogP contribution in [0.1, 0.15) is 38.5 Å². The van der Waals surface area contributed by atoms with Crippen LogP contribution in [-0.4, -0.2) is 33.7 Å². The molecule has 1 saturated heterocycles. The minimum absolute atomic E-state index is 0.0189. The Bertz CT molecular complexity index is 542. The number of fused-ring (bicyclic) bond motifs is 1. The third-order valence-corrected chi connectivity index (χ3v) is 4.66. The summed E-state index contributed by atoms with van der Waals surface area (Å²) in [6.45, 7) is 0.428. The molecule has 3 rings (SSSR count). The molecule has 3 unspecified atom stereocenters. The third kappa shape index (κ3) is 3.47. The summed E-state index contributed by atoms with van der Waals surface area (Å²) >= 11 is 0. The van der Waals surface area contributed by atoms with Gasteiger partial charge in [-0.25, -0.2) is 0 Å². The normalized spacial score (nSPS) is 27.4. The standard InChI is InChI=1S/C15H23N5O2/c16-13(21)5-7-20-8-6-14(19-20)18-15(22)12-9-10-3-1-2-4-11(10)17-12/h6,8,10-12,17H,1-5,7,9H2,(H2,16,21)(H,18,19,22). The van der Waals surface area contributed by atoms with E-state index in [9.17, 15) is 9.59 Å². The van der Waals surface area contributed by atoms with Gasteiger partial charge in [0.25, 0.3) is 0 Å². The first-order valence-electron chi connectivity index (χ1n) is 8.00. The molecule has 120 valence electrons. The second-order valence-electron chi connectivity index (χ2n) is 6.28. The lowest BCUT2D eigenvalue weighted by Crippen LogP contribution is -2.40. The van der Waals surface area contributed by atoms with Gasteiger partial charge in [-0.3, -0.25) is 14.3 Å². The van der Waals surface area contributed by atoms with Crippen LogP contribution in [0.15, 0.2) is 12.3 Å². The third-order valence-electron chi connectivity index (χ3n) is 4.66. The SMILES string of the molecule is NC(=O)CCn1ccc(NC(=O)C2CC3CCCCC3N2)n1. The Kier molecular flexibility index (Phi) is 4.42. The molecule has 22 heavy (non-hydrogen) atoms. The number of carbonyl (C=O) groups is 2. The Morgan fingerprint density at radius 1 is 1.41 bits per heavy atom. The Hall–Kier alpha value is -1.89. The first-order chi connectivity index (χ1) is 10.6. The maximum Gasteiger partial charge on any atom is 0.242 e. The van der Waals surface area contributed by atoms with Crippen molar-refractivity contribution in [1.82, 2.24) is 15.1 Å². The monoisotopic (exact) mass is 305 g/mol. The predicted octanol–water partition coefficient (Wildman–Crippen LogP) is 0.618. The van der Waals surface area contributed by atoms with Crippen LogP contribution in [-0.2, 0) is 16.1 Å². The molecule has 0 spiro atoms. The molecule has 2 heterocycles. The zero-order chi connectivity index (χ0) is 15.5. The zero-order valence-electron chi connectivity index (χ0n) is 12.6. The molecular formula is C15H23N5O2. The Morgan fingerprint density at radius 2 is 2.23 bits per heavy atom. The van der Waals surface area contributed by atoms with Gasteiger partial charge in [0, 0.05) is 31.3 Å². The molecule has 0 aromatic carbocycles. The number of nitrogens with one attached hydrogen (secondary N) is 2. The molecule has 2 fully saturated rings. The summed E-state index contributed by atoms with van der Waals surface area (Å²) in [5.74, 6) is 0.775. The van der Waals surface area contributed by atoms with Crippen LogP contribution in [0.25, 0.3) is 0 Å². The number of nitrogens with zero attached hydrogens (tertiary/aromatic N) is 2. The van der Waals surface area contributed by atoms with Gasteiger partial charge in [-0.1, -0.05) is 12.8 Å². The van der Waals surface area contributed by atoms with Crippen molar-refractivity contribution in [2.75, 3.05) is 5.32 Å². The highest BCUT2D eigenvalue weighted by Crippen LogP contribution is 2.33. The molecule has 1 aromatic rings. The molecule has 1 aromatic heterocycles. The molecule has 7 heteroatoms. The quantitative estimate of drug-likeness (QED) is 0.742. The number of hydrogen-bond acceptors (Lipinski definition) is 4. The number of primary amides is 1. The number of nitrogens with two attached hydrogens (primary N) is 1. The molecule has 0 bridgehead atoms. The smallest absolute Gasteiger partial charge is 0.242 e. The van der Waals surface area contributed by atoms with Crippen LogP contribution in [0.4, 0.5) is 5.82 Å². The van der Waals surface area contributed by atoms with Crippen molar-refractivity contribution in [3.63, 3.8) is 0 Å². The summed E-state index contributed by atoms with van der Waals surface area (Å²) in [6, 6.07) is 2.11. The molecule has 3 atom stereocenters. The lowest BCUT2D eigenvalue weighted by atomic mass is 9.85. The van der Waals surface area contributed by atoms with Crippen LogP contribution in [0.2, 0.25) is 0 Å². The van der Waals surface area contributed by atoms with E-state index in [2.05, 4.69) is 15.7 Å². The van der Waals surface area contributed by atoms with E-state index in [-0.39, 0.29) is 24.3 Å². The Morgan fingerprint density at radius 3 is 3.00 bits per heavy atom. The van der Waals surface area contributed by atoms with Crippen molar-refractivity contribution in [3.8, 4) is 0 Å². The highest BCUT2D eigenvalue weighted by Gasteiger charge is 2.38. The maximum absolute atomic E-state index is 12.3. The van der Waals surface area contributed by atoms with Crippen molar-refractivity contribution < 1.29 is 9.59 Å². The van der Waals surface area contributed by atoms with Crippen molar-refractivity contribution in [3.05, 3.63) is 12.3 Å². The van der Waals surface area contributed by atoms with E-state index in [0.29, 0.717) is 24.3 Å². The molecule has 2 aliphatic rings. The van der Waals surface area contributed by atoms with Crippen LogP contribution < -0.4 is 16.4 Å². The van der Waals surface area contributed by atoms with Gasteiger partial charge < -0.3 is 16.4 Å². The average molecular weight is 305 g/mol. The molecule has 4 N–H and O–H groups in total. The summed E-state index contributed by atoms with van der Waals surface area (Å²) in [7, 11) is 0. The topological polar surface area (TPSA) is 102 Å². The maximum atomic E-state index is 12.3. The second kappa shape index (κ2) is 6.48. The van der Waals surface area contributed by atoms with E-state index >= 15 is 0 Å². The van der Waals surface area contributed by atoms with E-state index in [0.717, 1.165) is 6.42 Å². The number of carbonyl (C=O) groups excluding carboxylic acids is 2. The van der Waals surface area contributed by atoms with Crippen LogP contribution >= 0.6 is 0 Å². The first-order valence-corrected chi connectivity index (χ1v) is 8.00. The Balaban J connectivity index is 1.52. The number of rotatable bonds is 5. The summed E-state index contributed by atoms with van der Waals surface area (Å²) in [5.41, 5.74) is 5.11. The fraction of sp³-hybridized carbons (Fsp3) is 0.667. The summed E-state index contributed by atoms with van der Waals surface area (Å²) in [4.78, 5) is 23.1. The van der Waals surface area contributed by atoms with Crippen molar-refractivity contribution in [2.24, 2.45) is 11.7 Å². The molecule has 7 nitrogen and oxygen atoms in total. The summed E-state index contributed by atoms with van der Waals surface area (Å²) in [6.07, 6.45) is 7.83. The van der Waals surface area contributed by atoms with Gasteiger partial charge in [-0.2, -0.15) is 5.10 Å². The fourth-order valence-corrected chi connectivity index (χ4v) is 3.51. The summed E-state index contributed by atoms with van der Waals surface area (Å²) in [5, 5.41) is 10.5. The molecule has 0 radical (unpaired) electrons. The van der Waals surface area contributed by atoms with Gasteiger partial charge >= 0.3 is 0 Å². The second-order valence-corrected chi connectivity index (χ2v) is 6.28. The molecule has 1 aliphatic carbocycles. The summed E-state index contributed by atoms with van der Waals surface area (Å²) < 4.78 is 1.61. The van der Waals surface area contributed by atoms with E-state index in [1.54, 1.807) is 16.9 Å². The van der Waals surface area contributed by atoms with Crippen molar-refractivity contribution in [1.29, 1.82) is 0 Å². The minimum atomic E-state index is -0.362. The zero-order valence-corrected chi connectivity index (χ0v) is 12.6. The van der Waals surface area contributed by atoms with Gasteiger partial charge in [-0.05, 0) is 25.2 Å². The minimum Gasteiger partial charge on any atom is -0.370 e. The van der Waals surface area contributed by atoms with Gasteiger partial charge in [0.1, 0.15) is 0 Å². The van der Waals surface area contributed by atoms with Gasteiger partial charge in [0.2, 0.25) is 11.8 Å². The van der Waals surface area contributed by atoms with E-state index in [4.69, 9.17) is 5.73 Å². The predicted molar refractivity (Wildman–Crippen MR) is 82.0 cm³/mol. The van der Waals surface area contributed by atoms with Crippen molar-refractivity contribution in [2.45, 2.75) is 57.2 Å². The van der Waals surface area contributed by atoms with E-state index in [1.165, 1.54) is 25.7 Å². The number of amides is 2. The van der Waals surface area contributed by atoms with Crippen LogP contribution in [0, 0.1) is 5.92 Å². The number of anilines is 1. The molecule has 1 saturated carbocycles. The molecule has 1 aliphatic heterocycles. The average Bonchev–Trinajstić information content (AvgIpc) is 3.11. The molecular weight excluding hydrogens is 282 g/mol. The number of hydrogen-bond donors (Lipinski definition) is 3. The van der Waals surface area contributed by atoms with Crippen LogP contribution in [0.3, 0.4) is 0 Å². The van der Waals surface area contributed by atoms with Crippen molar-refractivity contribution >= 4 is 17.6 Å². The fourth-order valence-electron chi connectivity index (χ4n) is 3.51. The molecule has 2 amide bonds. The highest BCUT2D eigenvalue weighted by molar-refractivity contribution is 5.94. The van der Waals surface area contributed by atoms with Gasteiger partial charge in [0.15, 0.2) is 5.82 Å². The Labute approximate surface area is 129 Å².